The van der Waals surface area contributed by atoms with Crippen molar-refractivity contribution in [3.8, 4) is 0 Å². The first-order chi connectivity index (χ1) is 10.2. The summed E-state index contributed by atoms with van der Waals surface area (Å²) in [4.78, 5) is 4.70. The van der Waals surface area contributed by atoms with Crippen LogP contribution >= 0.6 is 0 Å². The summed E-state index contributed by atoms with van der Waals surface area (Å²) in [7, 11) is 0. The third-order valence-electron chi connectivity index (χ3n) is 4.18. The van der Waals surface area contributed by atoms with Gasteiger partial charge in [-0.15, -0.1) is 0 Å². The molecule has 0 bridgehead atoms. The van der Waals surface area contributed by atoms with Crippen molar-refractivity contribution >= 4 is 23.4 Å². The van der Waals surface area contributed by atoms with E-state index in [9.17, 15) is 0 Å². The van der Waals surface area contributed by atoms with Crippen molar-refractivity contribution in [2.24, 2.45) is 0 Å². The van der Waals surface area contributed by atoms with Crippen molar-refractivity contribution in [3.05, 3.63) is 76.7 Å². The Labute approximate surface area is 124 Å². The molecule has 0 spiro atoms. The SMILES string of the molecule is Cc1nc2c(/C=C3\C=Cc4ccccc43)cccn2c1C. The van der Waals surface area contributed by atoms with Gasteiger partial charge in [0.2, 0.25) is 0 Å². The summed E-state index contributed by atoms with van der Waals surface area (Å²) in [5.41, 5.74) is 8.29. The van der Waals surface area contributed by atoms with Crippen molar-refractivity contribution in [1.82, 2.24) is 9.38 Å². The molecule has 102 valence electrons. The number of hydrogen-bond acceptors (Lipinski definition) is 1. The summed E-state index contributed by atoms with van der Waals surface area (Å²) >= 11 is 0. The summed E-state index contributed by atoms with van der Waals surface area (Å²) < 4.78 is 2.16. The van der Waals surface area contributed by atoms with Gasteiger partial charge in [0.05, 0.1) is 5.69 Å². The number of imidazole rings is 1. The number of benzene rings is 1. The average Bonchev–Trinajstić information content (AvgIpc) is 3.03. The molecule has 0 amide bonds. The fraction of sp³-hybridized carbons (Fsp3) is 0.105. The van der Waals surface area contributed by atoms with Gasteiger partial charge >= 0.3 is 0 Å². The molecule has 2 heterocycles. The molecule has 1 aromatic carbocycles. The Hall–Kier alpha value is -2.61. The van der Waals surface area contributed by atoms with Gasteiger partial charge in [0, 0.05) is 17.5 Å². The predicted octanol–water partition coefficient (Wildman–Crippen LogP) is 4.52. The average molecular weight is 272 g/mol. The molecule has 0 saturated carbocycles. The highest BCUT2D eigenvalue weighted by Gasteiger charge is 2.11. The molecule has 0 N–H and O–H groups in total. The van der Waals surface area contributed by atoms with Crippen LogP contribution in [-0.4, -0.2) is 9.38 Å². The molecule has 0 saturated heterocycles. The van der Waals surface area contributed by atoms with E-state index in [1.54, 1.807) is 0 Å². The van der Waals surface area contributed by atoms with E-state index in [0.29, 0.717) is 0 Å². The standard InChI is InChI=1S/C19H16N2/c1-13-14(2)21-11-5-7-17(19(21)20-13)12-16-10-9-15-6-3-4-8-18(15)16/h3-12H,1-2H3/b16-12+. The fourth-order valence-electron chi connectivity index (χ4n) is 2.90. The third kappa shape index (κ3) is 1.83. The quantitative estimate of drug-likeness (QED) is 0.636. The molecule has 3 aromatic rings. The number of rotatable bonds is 1. The first-order valence-corrected chi connectivity index (χ1v) is 7.17. The Balaban J connectivity index is 1.92. The van der Waals surface area contributed by atoms with Crippen LogP contribution in [0.1, 0.15) is 28.1 Å². The van der Waals surface area contributed by atoms with E-state index < -0.39 is 0 Å². The molecule has 21 heavy (non-hydrogen) atoms. The van der Waals surface area contributed by atoms with Crippen LogP contribution in [-0.2, 0) is 0 Å². The Kier molecular flexibility index (Phi) is 2.58. The first-order valence-electron chi connectivity index (χ1n) is 7.17. The van der Waals surface area contributed by atoms with E-state index in [1.807, 2.05) is 0 Å². The molecular formula is C19H16N2. The molecule has 1 aliphatic carbocycles. The molecule has 2 heteroatoms. The smallest absolute Gasteiger partial charge is 0.144 e. The van der Waals surface area contributed by atoms with E-state index >= 15 is 0 Å². The van der Waals surface area contributed by atoms with Gasteiger partial charge in [0.15, 0.2) is 0 Å². The van der Waals surface area contributed by atoms with Crippen molar-refractivity contribution in [1.29, 1.82) is 0 Å². The molecule has 0 aliphatic heterocycles. The maximum Gasteiger partial charge on any atom is 0.144 e. The van der Waals surface area contributed by atoms with Crippen molar-refractivity contribution < 1.29 is 0 Å². The zero-order chi connectivity index (χ0) is 14.4. The maximum atomic E-state index is 4.70. The number of pyridine rings is 1. The molecule has 0 unspecified atom stereocenters. The fourth-order valence-corrected chi connectivity index (χ4v) is 2.90. The lowest BCUT2D eigenvalue weighted by Crippen LogP contribution is -1.89. The summed E-state index contributed by atoms with van der Waals surface area (Å²) in [6.45, 7) is 4.17. The summed E-state index contributed by atoms with van der Waals surface area (Å²) in [5, 5.41) is 0. The first kappa shape index (κ1) is 12.2. The number of hydrogen-bond donors (Lipinski definition) is 0. The largest absolute Gasteiger partial charge is 0.304 e. The minimum absolute atomic E-state index is 1.03. The Bertz CT molecular complexity index is 910. The second-order valence-electron chi connectivity index (χ2n) is 5.46. The van der Waals surface area contributed by atoms with Crippen molar-refractivity contribution in [2.75, 3.05) is 0 Å². The van der Waals surface area contributed by atoms with Crippen LogP contribution in [0.4, 0.5) is 0 Å². The lowest BCUT2D eigenvalue weighted by atomic mass is 10.0. The molecule has 0 radical (unpaired) electrons. The van der Waals surface area contributed by atoms with Crippen LogP contribution in [0, 0.1) is 13.8 Å². The van der Waals surface area contributed by atoms with Crippen LogP contribution < -0.4 is 0 Å². The van der Waals surface area contributed by atoms with Gasteiger partial charge in [-0.05, 0) is 48.8 Å². The lowest BCUT2D eigenvalue weighted by Gasteiger charge is -2.03. The van der Waals surface area contributed by atoms with Gasteiger partial charge in [0.1, 0.15) is 5.65 Å². The van der Waals surface area contributed by atoms with E-state index in [4.69, 9.17) is 4.98 Å². The number of allylic oxidation sites excluding steroid dienone is 2. The van der Waals surface area contributed by atoms with Crippen LogP contribution in [0.25, 0.3) is 23.4 Å². The van der Waals surface area contributed by atoms with E-state index in [-0.39, 0.29) is 0 Å². The number of aromatic nitrogens is 2. The zero-order valence-electron chi connectivity index (χ0n) is 12.2. The van der Waals surface area contributed by atoms with E-state index in [0.717, 1.165) is 16.9 Å². The molecule has 4 rings (SSSR count). The van der Waals surface area contributed by atoms with Gasteiger partial charge in [-0.1, -0.05) is 36.4 Å². The Morgan fingerprint density at radius 2 is 1.86 bits per heavy atom. The monoisotopic (exact) mass is 272 g/mol. The molecular weight excluding hydrogens is 256 g/mol. The second-order valence-corrected chi connectivity index (χ2v) is 5.46. The third-order valence-corrected chi connectivity index (χ3v) is 4.18. The van der Waals surface area contributed by atoms with Crippen LogP contribution in [0.2, 0.25) is 0 Å². The highest BCUT2D eigenvalue weighted by molar-refractivity contribution is 5.98. The van der Waals surface area contributed by atoms with Gasteiger partial charge in [-0.2, -0.15) is 0 Å². The molecule has 2 aromatic heterocycles. The van der Waals surface area contributed by atoms with Crippen LogP contribution in [0.15, 0.2) is 48.7 Å². The number of fused-ring (bicyclic) bond motifs is 2. The zero-order valence-corrected chi connectivity index (χ0v) is 12.2. The number of nitrogens with zero attached hydrogens (tertiary/aromatic N) is 2. The van der Waals surface area contributed by atoms with Crippen LogP contribution in [0.3, 0.4) is 0 Å². The van der Waals surface area contributed by atoms with Gasteiger partial charge in [-0.3, -0.25) is 0 Å². The van der Waals surface area contributed by atoms with E-state index in [1.165, 1.54) is 22.4 Å². The lowest BCUT2D eigenvalue weighted by molar-refractivity contribution is 1.09. The number of aryl methyl sites for hydroxylation is 2. The van der Waals surface area contributed by atoms with Crippen molar-refractivity contribution in [3.63, 3.8) is 0 Å². The predicted molar refractivity (Wildman–Crippen MR) is 88.0 cm³/mol. The maximum absolute atomic E-state index is 4.70. The second kappa shape index (κ2) is 4.45. The van der Waals surface area contributed by atoms with Crippen LogP contribution in [0.5, 0.6) is 0 Å². The van der Waals surface area contributed by atoms with E-state index in [2.05, 4.69) is 79.1 Å². The minimum atomic E-state index is 1.03. The topological polar surface area (TPSA) is 17.3 Å². The van der Waals surface area contributed by atoms with Crippen molar-refractivity contribution in [2.45, 2.75) is 13.8 Å². The molecule has 0 atom stereocenters. The highest BCUT2D eigenvalue weighted by Crippen LogP contribution is 2.31. The van der Waals surface area contributed by atoms with Gasteiger partial charge < -0.3 is 4.40 Å². The molecule has 2 nitrogen and oxygen atoms in total. The highest BCUT2D eigenvalue weighted by atomic mass is 15.0. The summed E-state index contributed by atoms with van der Waals surface area (Å²) in [6, 6.07) is 12.7. The molecule has 1 aliphatic rings. The minimum Gasteiger partial charge on any atom is -0.304 e. The summed E-state index contributed by atoms with van der Waals surface area (Å²) in [5.74, 6) is 0. The Morgan fingerprint density at radius 1 is 1.00 bits per heavy atom. The Morgan fingerprint density at radius 3 is 2.76 bits per heavy atom. The van der Waals surface area contributed by atoms with Gasteiger partial charge in [-0.25, -0.2) is 4.98 Å². The summed E-state index contributed by atoms with van der Waals surface area (Å²) in [6.07, 6.45) is 8.65. The molecule has 0 fully saturated rings. The normalized spacial score (nSPS) is 15.0. The van der Waals surface area contributed by atoms with Gasteiger partial charge in [0.25, 0.3) is 0 Å².